The zero-order chi connectivity index (χ0) is 17.4. The highest BCUT2D eigenvalue weighted by molar-refractivity contribution is 5.74. The molecule has 0 aromatic carbocycles. The van der Waals surface area contributed by atoms with Crippen molar-refractivity contribution in [1.29, 1.82) is 0 Å². The highest BCUT2D eigenvalue weighted by Crippen LogP contribution is 2.57. The van der Waals surface area contributed by atoms with E-state index in [9.17, 15) is 18.0 Å². The van der Waals surface area contributed by atoms with Crippen LogP contribution in [0.4, 0.5) is 18.0 Å². The number of carbonyl (C=O) groups excluding carboxylic acids is 1. The minimum absolute atomic E-state index is 0.165. The fourth-order valence-electron chi connectivity index (χ4n) is 4.75. The van der Waals surface area contributed by atoms with Crippen LogP contribution in [0.5, 0.6) is 0 Å². The van der Waals surface area contributed by atoms with Gasteiger partial charge in [0.2, 0.25) is 0 Å². The first-order valence-electron chi connectivity index (χ1n) is 9.10. The first kappa shape index (κ1) is 17.8. The molecule has 2 aliphatic heterocycles. The van der Waals surface area contributed by atoms with Crippen LogP contribution in [0.2, 0.25) is 0 Å². The van der Waals surface area contributed by atoms with E-state index in [1.54, 1.807) is 0 Å². The summed E-state index contributed by atoms with van der Waals surface area (Å²) in [7, 11) is 2.11. The zero-order valence-corrected chi connectivity index (χ0v) is 14.4. The molecule has 3 fully saturated rings. The van der Waals surface area contributed by atoms with Gasteiger partial charge in [0.05, 0.1) is 5.41 Å². The summed E-state index contributed by atoms with van der Waals surface area (Å²) in [6, 6.07) is -0.319. The van der Waals surface area contributed by atoms with E-state index in [1.807, 2.05) is 0 Å². The Bertz CT molecular complexity index is 462. The summed E-state index contributed by atoms with van der Waals surface area (Å²) in [6.07, 6.45) is 0.346. The van der Waals surface area contributed by atoms with Gasteiger partial charge in [0, 0.05) is 19.6 Å². The van der Waals surface area contributed by atoms with Crippen molar-refractivity contribution in [3.63, 3.8) is 0 Å². The summed E-state index contributed by atoms with van der Waals surface area (Å²) >= 11 is 0. The van der Waals surface area contributed by atoms with Crippen molar-refractivity contribution in [3.05, 3.63) is 0 Å². The van der Waals surface area contributed by atoms with E-state index in [1.165, 1.54) is 4.90 Å². The predicted molar refractivity (Wildman–Crippen MR) is 85.6 cm³/mol. The van der Waals surface area contributed by atoms with E-state index in [4.69, 9.17) is 0 Å². The van der Waals surface area contributed by atoms with Gasteiger partial charge in [0.25, 0.3) is 0 Å². The standard InChI is InChI=1S/C17H28F3N3O/c1-22-9-5-13(6-10-22)4-8-21-15(24)23-11-14-3-2-7-16(14,12-23)17(18,19)20/h13-14H,2-12H2,1H3,(H,21,24)/t14-,16-/m0/s1. The minimum Gasteiger partial charge on any atom is -0.338 e. The van der Waals surface area contributed by atoms with Crippen LogP contribution in [-0.4, -0.2) is 61.8 Å². The van der Waals surface area contributed by atoms with E-state index in [-0.39, 0.29) is 25.5 Å². The van der Waals surface area contributed by atoms with E-state index in [0.29, 0.717) is 25.3 Å². The van der Waals surface area contributed by atoms with Gasteiger partial charge in [-0.25, -0.2) is 4.79 Å². The number of piperidine rings is 1. The van der Waals surface area contributed by atoms with Crippen LogP contribution in [0.25, 0.3) is 0 Å². The van der Waals surface area contributed by atoms with Crippen LogP contribution < -0.4 is 5.32 Å². The third kappa shape index (κ3) is 3.37. The van der Waals surface area contributed by atoms with Gasteiger partial charge in [-0.05, 0) is 64.1 Å². The van der Waals surface area contributed by atoms with Gasteiger partial charge in [0.15, 0.2) is 0 Å². The molecule has 0 aromatic heterocycles. The van der Waals surface area contributed by atoms with Crippen molar-refractivity contribution >= 4 is 6.03 Å². The molecule has 3 aliphatic rings. The highest BCUT2D eigenvalue weighted by atomic mass is 19.4. The van der Waals surface area contributed by atoms with Crippen LogP contribution >= 0.6 is 0 Å². The number of rotatable bonds is 3. The molecule has 2 saturated heterocycles. The topological polar surface area (TPSA) is 35.6 Å². The number of likely N-dealkylation sites (tertiary alicyclic amines) is 2. The summed E-state index contributed by atoms with van der Waals surface area (Å²) in [6.45, 7) is 2.81. The molecule has 3 rings (SSSR count). The summed E-state index contributed by atoms with van der Waals surface area (Å²) in [5.74, 6) is 0.193. The quantitative estimate of drug-likeness (QED) is 0.852. The molecule has 2 amide bonds. The van der Waals surface area contributed by atoms with Gasteiger partial charge >= 0.3 is 12.2 Å². The second kappa shape index (κ2) is 6.73. The third-order valence-electron chi connectivity index (χ3n) is 6.39. The Morgan fingerprint density at radius 3 is 2.58 bits per heavy atom. The van der Waals surface area contributed by atoms with Gasteiger partial charge in [-0.1, -0.05) is 6.42 Å². The van der Waals surface area contributed by atoms with Crippen molar-refractivity contribution in [1.82, 2.24) is 15.1 Å². The fraction of sp³-hybridized carbons (Fsp3) is 0.941. The van der Waals surface area contributed by atoms with E-state index < -0.39 is 17.5 Å². The number of halogens is 3. The van der Waals surface area contributed by atoms with E-state index >= 15 is 0 Å². The Morgan fingerprint density at radius 1 is 1.25 bits per heavy atom. The normalized spacial score (nSPS) is 32.2. The molecule has 24 heavy (non-hydrogen) atoms. The number of nitrogens with zero attached hydrogens (tertiary/aromatic N) is 2. The molecule has 1 aliphatic carbocycles. The second-order valence-electron chi connectivity index (χ2n) is 7.89. The molecule has 2 heterocycles. The van der Waals surface area contributed by atoms with Gasteiger partial charge in [-0.3, -0.25) is 0 Å². The molecule has 1 N–H and O–H groups in total. The van der Waals surface area contributed by atoms with Crippen LogP contribution in [0, 0.1) is 17.3 Å². The number of urea groups is 1. The summed E-state index contributed by atoms with van der Waals surface area (Å²) in [4.78, 5) is 16.0. The van der Waals surface area contributed by atoms with Crippen LogP contribution in [-0.2, 0) is 0 Å². The fourth-order valence-corrected chi connectivity index (χ4v) is 4.75. The second-order valence-corrected chi connectivity index (χ2v) is 7.89. The van der Waals surface area contributed by atoms with Crippen molar-refractivity contribution in [2.45, 2.75) is 44.7 Å². The Balaban J connectivity index is 1.47. The number of fused-ring (bicyclic) bond motifs is 1. The molecule has 1 saturated carbocycles. The lowest BCUT2D eigenvalue weighted by Gasteiger charge is -2.31. The minimum atomic E-state index is -4.21. The monoisotopic (exact) mass is 347 g/mol. The maximum absolute atomic E-state index is 13.5. The Labute approximate surface area is 141 Å². The van der Waals surface area contributed by atoms with Crippen molar-refractivity contribution in [2.75, 3.05) is 39.8 Å². The largest absolute Gasteiger partial charge is 0.396 e. The van der Waals surface area contributed by atoms with Gasteiger partial charge in [-0.15, -0.1) is 0 Å². The Morgan fingerprint density at radius 2 is 1.96 bits per heavy atom. The highest BCUT2D eigenvalue weighted by Gasteiger charge is 2.65. The SMILES string of the molecule is CN1CCC(CCNC(=O)N2C[C@@H]3CCC[C@]3(C(F)(F)F)C2)CC1. The van der Waals surface area contributed by atoms with Crippen molar-refractivity contribution in [3.8, 4) is 0 Å². The first-order valence-corrected chi connectivity index (χ1v) is 9.10. The molecule has 0 unspecified atom stereocenters. The van der Waals surface area contributed by atoms with E-state index in [0.717, 1.165) is 32.4 Å². The van der Waals surface area contributed by atoms with Gasteiger partial charge in [-0.2, -0.15) is 13.2 Å². The summed E-state index contributed by atoms with van der Waals surface area (Å²) in [5, 5.41) is 2.85. The molecule has 0 bridgehead atoms. The molecule has 0 spiro atoms. The number of alkyl halides is 3. The first-order chi connectivity index (χ1) is 11.3. The van der Waals surface area contributed by atoms with Gasteiger partial charge in [0.1, 0.15) is 0 Å². The van der Waals surface area contributed by atoms with Crippen molar-refractivity contribution < 1.29 is 18.0 Å². The maximum Gasteiger partial charge on any atom is 0.396 e. The van der Waals surface area contributed by atoms with Crippen molar-refractivity contribution in [2.24, 2.45) is 17.3 Å². The number of hydrogen-bond donors (Lipinski definition) is 1. The van der Waals surface area contributed by atoms with E-state index in [2.05, 4.69) is 17.3 Å². The average molecular weight is 347 g/mol. The molecular formula is C17H28F3N3O. The summed E-state index contributed by atoms with van der Waals surface area (Å²) < 4.78 is 40.5. The number of nitrogens with one attached hydrogen (secondary N) is 1. The smallest absolute Gasteiger partial charge is 0.338 e. The zero-order valence-electron chi connectivity index (χ0n) is 14.4. The molecule has 7 heteroatoms. The number of amides is 2. The molecular weight excluding hydrogens is 319 g/mol. The Hall–Kier alpha value is -0.980. The lowest BCUT2D eigenvalue weighted by atomic mass is 9.80. The summed E-state index contributed by atoms with van der Waals surface area (Å²) in [5.41, 5.74) is -1.65. The number of carbonyl (C=O) groups is 1. The third-order valence-corrected chi connectivity index (χ3v) is 6.39. The lowest BCUT2D eigenvalue weighted by molar-refractivity contribution is -0.226. The van der Waals surface area contributed by atoms with Gasteiger partial charge < -0.3 is 15.1 Å². The molecule has 2 atom stereocenters. The average Bonchev–Trinajstić information content (AvgIpc) is 3.07. The molecule has 0 radical (unpaired) electrons. The maximum atomic E-state index is 13.5. The van der Waals surface area contributed by atoms with Crippen LogP contribution in [0.3, 0.4) is 0 Å². The predicted octanol–water partition coefficient (Wildman–Crippen LogP) is 3.09. The van der Waals surface area contributed by atoms with Crippen LogP contribution in [0.15, 0.2) is 0 Å². The molecule has 138 valence electrons. The van der Waals surface area contributed by atoms with Crippen LogP contribution in [0.1, 0.15) is 38.5 Å². The lowest BCUT2D eigenvalue weighted by Crippen LogP contribution is -2.45. The Kier molecular flexibility index (Phi) is 5.00. The molecule has 4 nitrogen and oxygen atoms in total. The molecule has 0 aromatic rings. The number of hydrogen-bond acceptors (Lipinski definition) is 2.